The van der Waals surface area contributed by atoms with Crippen molar-refractivity contribution in [2.24, 2.45) is 5.41 Å². The molecule has 0 unspecified atom stereocenters. The second kappa shape index (κ2) is 5.03. The summed E-state index contributed by atoms with van der Waals surface area (Å²) in [5, 5.41) is 13.0. The quantitative estimate of drug-likeness (QED) is 0.829. The Kier molecular flexibility index (Phi) is 3.59. The van der Waals surface area contributed by atoms with Gasteiger partial charge in [-0.2, -0.15) is 5.10 Å². The van der Waals surface area contributed by atoms with Crippen LogP contribution < -0.4 is 10.5 Å². The van der Waals surface area contributed by atoms with Gasteiger partial charge in [-0.15, -0.1) is 0 Å². The molecule has 1 aromatic heterocycles. The number of hydrogen-bond donors (Lipinski definition) is 1. The molecule has 6 heteroatoms. The van der Waals surface area contributed by atoms with E-state index in [1.54, 1.807) is 12.3 Å². The molecule has 1 aliphatic rings. The van der Waals surface area contributed by atoms with E-state index in [9.17, 15) is 9.59 Å². The van der Waals surface area contributed by atoms with Crippen LogP contribution in [-0.4, -0.2) is 34.4 Å². The first-order valence-corrected chi connectivity index (χ1v) is 6.46. The lowest BCUT2D eigenvalue weighted by atomic mass is 10.0. The lowest BCUT2D eigenvalue weighted by molar-refractivity contribution is -0.138. The van der Waals surface area contributed by atoms with Crippen LogP contribution in [0.2, 0.25) is 0 Å². The Labute approximate surface area is 111 Å². The Morgan fingerprint density at radius 2 is 2.26 bits per heavy atom. The van der Waals surface area contributed by atoms with Crippen LogP contribution in [0.5, 0.6) is 0 Å². The highest BCUT2D eigenvalue weighted by atomic mass is 16.4. The summed E-state index contributed by atoms with van der Waals surface area (Å²) in [6.07, 6.45) is 3.47. The van der Waals surface area contributed by atoms with Gasteiger partial charge in [0, 0.05) is 25.1 Å². The van der Waals surface area contributed by atoms with Gasteiger partial charge in [-0.3, -0.25) is 9.59 Å². The molecule has 1 aromatic rings. The lowest BCUT2D eigenvalue weighted by Gasteiger charge is -2.18. The first-order valence-electron chi connectivity index (χ1n) is 6.46. The third kappa shape index (κ3) is 3.13. The maximum absolute atomic E-state index is 12.0. The van der Waals surface area contributed by atoms with Crippen molar-refractivity contribution in [3.8, 4) is 0 Å². The number of anilines is 1. The van der Waals surface area contributed by atoms with Crippen LogP contribution in [-0.2, 0) is 11.3 Å². The van der Waals surface area contributed by atoms with Gasteiger partial charge in [-0.05, 0) is 19.8 Å². The lowest BCUT2D eigenvalue weighted by Crippen LogP contribution is -2.29. The molecule has 2 rings (SSSR count). The molecule has 1 N–H and O–H groups in total. The Bertz CT molecular complexity index is 534. The fraction of sp³-hybridized carbons (Fsp3) is 0.615. The van der Waals surface area contributed by atoms with Gasteiger partial charge in [0.05, 0.1) is 24.8 Å². The van der Waals surface area contributed by atoms with Crippen molar-refractivity contribution in [2.45, 2.75) is 32.7 Å². The molecule has 0 amide bonds. The van der Waals surface area contributed by atoms with E-state index in [0.717, 1.165) is 25.1 Å². The van der Waals surface area contributed by atoms with Crippen molar-refractivity contribution in [1.82, 2.24) is 9.78 Å². The number of carboxylic acids is 1. The molecule has 0 aliphatic heterocycles. The molecule has 0 spiro atoms. The minimum Gasteiger partial charge on any atom is -0.481 e. The minimum absolute atomic E-state index is 0.109. The molecule has 19 heavy (non-hydrogen) atoms. The van der Waals surface area contributed by atoms with Crippen LogP contribution >= 0.6 is 0 Å². The zero-order chi connectivity index (χ0) is 14.0. The molecule has 0 saturated heterocycles. The highest BCUT2D eigenvalue weighted by molar-refractivity contribution is 5.68. The number of hydrogen-bond acceptors (Lipinski definition) is 4. The van der Waals surface area contributed by atoms with E-state index in [2.05, 4.69) is 5.10 Å². The topological polar surface area (TPSA) is 75.4 Å². The third-order valence-electron chi connectivity index (χ3n) is 3.74. The van der Waals surface area contributed by atoms with E-state index in [0.29, 0.717) is 6.54 Å². The normalized spacial score (nSPS) is 16.1. The van der Waals surface area contributed by atoms with Gasteiger partial charge in [0.1, 0.15) is 0 Å². The monoisotopic (exact) mass is 265 g/mol. The number of carbonyl (C=O) groups is 1. The SMILES string of the molecule is CCN(C)c1cnn(CC2(CC(=O)O)CC2)c(=O)c1. The van der Waals surface area contributed by atoms with Gasteiger partial charge in [-0.25, -0.2) is 4.68 Å². The van der Waals surface area contributed by atoms with E-state index in [1.807, 2.05) is 18.9 Å². The molecule has 6 nitrogen and oxygen atoms in total. The van der Waals surface area contributed by atoms with Crippen LogP contribution in [0.15, 0.2) is 17.1 Å². The fourth-order valence-corrected chi connectivity index (χ4v) is 2.14. The summed E-state index contributed by atoms with van der Waals surface area (Å²) in [6, 6.07) is 1.55. The van der Waals surface area contributed by atoms with E-state index in [-0.39, 0.29) is 17.4 Å². The van der Waals surface area contributed by atoms with Crippen molar-refractivity contribution < 1.29 is 9.90 Å². The van der Waals surface area contributed by atoms with Crippen LogP contribution in [0, 0.1) is 5.41 Å². The summed E-state index contributed by atoms with van der Waals surface area (Å²) in [5.74, 6) is -0.812. The molecule has 0 radical (unpaired) electrons. The van der Waals surface area contributed by atoms with Gasteiger partial charge in [-0.1, -0.05) is 0 Å². The Morgan fingerprint density at radius 1 is 1.58 bits per heavy atom. The molecule has 1 saturated carbocycles. The molecule has 1 aliphatic carbocycles. The predicted octanol–water partition coefficient (Wildman–Crippen LogP) is 0.954. The molecule has 104 valence electrons. The van der Waals surface area contributed by atoms with Gasteiger partial charge in [0.15, 0.2) is 0 Å². The first-order chi connectivity index (χ1) is 8.96. The minimum atomic E-state index is -0.812. The maximum atomic E-state index is 12.0. The summed E-state index contributed by atoms with van der Waals surface area (Å²) in [6.45, 7) is 3.19. The van der Waals surface area contributed by atoms with Crippen LogP contribution in [0.3, 0.4) is 0 Å². The number of nitrogens with zero attached hydrogens (tertiary/aromatic N) is 3. The van der Waals surface area contributed by atoms with Crippen LogP contribution in [0.25, 0.3) is 0 Å². The van der Waals surface area contributed by atoms with Crippen molar-refractivity contribution in [3.63, 3.8) is 0 Å². The molecule has 0 atom stereocenters. The van der Waals surface area contributed by atoms with Crippen molar-refractivity contribution >= 4 is 11.7 Å². The number of carboxylic acid groups (broad SMARTS) is 1. The van der Waals surface area contributed by atoms with Crippen LogP contribution in [0.4, 0.5) is 5.69 Å². The summed E-state index contributed by atoms with van der Waals surface area (Å²) in [4.78, 5) is 24.7. The first kappa shape index (κ1) is 13.6. The summed E-state index contributed by atoms with van der Waals surface area (Å²) in [7, 11) is 1.90. The molecule has 1 fully saturated rings. The summed E-state index contributed by atoms with van der Waals surface area (Å²) in [5.41, 5.74) is 0.349. The number of aromatic nitrogens is 2. The van der Waals surface area contributed by atoms with Gasteiger partial charge >= 0.3 is 5.97 Å². The average Bonchev–Trinajstić information content (AvgIpc) is 3.09. The molecule has 0 bridgehead atoms. The van der Waals surface area contributed by atoms with E-state index in [4.69, 9.17) is 5.11 Å². The molecule has 1 heterocycles. The standard InChI is InChI=1S/C13H19N3O3/c1-3-15(2)10-6-11(17)16(14-8-10)9-13(4-5-13)7-12(18)19/h6,8H,3-5,7,9H2,1-2H3,(H,18,19). The van der Waals surface area contributed by atoms with Crippen molar-refractivity contribution in [1.29, 1.82) is 0 Å². The fourth-order valence-electron chi connectivity index (χ4n) is 2.14. The Morgan fingerprint density at radius 3 is 2.74 bits per heavy atom. The van der Waals surface area contributed by atoms with E-state index >= 15 is 0 Å². The Hall–Kier alpha value is -1.85. The smallest absolute Gasteiger partial charge is 0.303 e. The van der Waals surface area contributed by atoms with E-state index < -0.39 is 5.97 Å². The summed E-state index contributed by atoms with van der Waals surface area (Å²) >= 11 is 0. The van der Waals surface area contributed by atoms with Gasteiger partial charge in [0.25, 0.3) is 5.56 Å². The zero-order valence-corrected chi connectivity index (χ0v) is 11.3. The van der Waals surface area contributed by atoms with Crippen molar-refractivity contribution in [3.05, 3.63) is 22.6 Å². The second-order valence-electron chi connectivity index (χ2n) is 5.29. The third-order valence-corrected chi connectivity index (χ3v) is 3.74. The summed E-state index contributed by atoms with van der Waals surface area (Å²) < 4.78 is 1.38. The van der Waals surface area contributed by atoms with E-state index in [1.165, 1.54) is 4.68 Å². The van der Waals surface area contributed by atoms with Crippen LogP contribution in [0.1, 0.15) is 26.2 Å². The maximum Gasteiger partial charge on any atom is 0.303 e. The van der Waals surface area contributed by atoms with Crippen molar-refractivity contribution in [2.75, 3.05) is 18.5 Å². The highest BCUT2D eigenvalue weighted by Gasteiger charge is 2.45. The predicted molar refractivity (Wildman–Crippen MR) is 71.4 cm³/mol. The van der Waals surface area contributed by atoms with Gasteiger partial charge < -0.3 is 10.0 Å². The molecular formula is C13H19N3O3. The second-order valence-corrected chi connectivity index (χ2v) is 5.29. The highest BCUT2D eigenvalue weighted by Crippen LogP contribution is 2.49. The van der Waals surface area contributed by atoms with Gasteiger partial charge in [0.2, 0.25) is 0 Å². The largest absolute Gasteiger partial charge is 0.481 e. The molecular weight excluding hydrogens is 246 g/mol. The molecule has 0 aromatic carbocycles. The Balaban J connectivity index is 2.14. The number of aliphatic carboxylic acids is 1. The number of rotatable bonds is 6. The average molecular weight is 265 g/mol. The zero-order valence-electron chi connectivity index (χ0n) is 11.3.